The monoisotopic (exact) mass is 542 g/mol. The molecule has 0 aliphatic heterocycles. The van der Waals surface area contributed by atoms with Gasteiger partial charge in [0.15, 0.2) is 5.78 Å². The minimum atomic E-state index is -0.0278. The number of carbonyl (C=O) groups is 1. The van der Waals surface area contributed by atoms with Gasteiger partial charge < -0.3 is 25.7 Å². The van der Waals surface area contributed by atoms with Crippen LogP contribution in [0.4, 0.5) is 11.4 Å². The Morgan fingerprint density at radius 2 is 1.20 bits per heavy atom. The van der Waals surface area contributed by atoms with Gasteiger partial charge in [-0.1, -0.05) is 72.8 Å². The standard InChI is InChI=1S/C35H30N2O4/c36-29-13-21-35(33(37)24-29)41-32-18-11-27(12-19-32)26-9-16-31(17-10-26)40-23-22-39-30-14-6-25(7-15-30)8-20-34(38)28-4-2-1-3-5-28/h1-21,24H,22-23,36-37H2/b20-8+. The Bertz CT molecular complexity index is 1610. The Labute approximate surface area is 239 Å². The third-order valence-electron chi connectivity index (χ3n) is 6.29. The maximum absolute atomic E-state index is 12.2. The lowest BCUT2D eigenvalue weighted by Crippen LogP contribution is -2.08. The molecule has 0 saturated carbocycles. The lowest BCUT2D eigenvalue weighted by Gasteiger charge is -2.11. The minimum absolute atomic E-state index is 0.0278. The fourth-order valence-electron chi connectivity index (χ4n) is 4.11. The Morgan fingerprint density at radius 1 is 0.634 bits per heavy atom. The predicted octanol–water partition coefficient (Wildman–Crippen LogP) is 7.66. The molecule has 6 nitrogen and oxygen atoms in total. The fourth-order valence-corrected chi connectivity index (χ4v) is 4.11. The molecule has 204 valence electrons. The Kier molecular flexibility index (Phi) is 8.62. The molecule has 0 amide bonds. The summed E-state index contributed by atoms with van der Waals surface area (Å²) in [6.45, 7) is 0.816. The van der Waals surface area contributed by atoms with Crippen LogP contribution in [0.15, 0.2) is 127 Å². The highest BCUT2D eigenvalue weighted by molar-refractivity contribution is 6.06. The van der Waals surface area contributed by atoms with Crippen LogP contribution in [0, 0.1) is 0 Å². The van der Waals surface area contributed by atoms with Crippen LogP contribution in [0.1, 0.15) is 15.9 Å². The van der Waals surface area contributed by atoms with Gasteiger partial charge in [-0.25, -0.2) is 0 Å². The third kappa shape index (κ3) is 7.55. The highest BCUT2D eigenvalue weighted by Gasteiger charge is 2.05. The highest BCUT2D eigenvalue weighted by atomic mass is 16.5. The van der Waals surface area contributed by atoms with Gasteiger partial charge in [-0.2, -0.15) is 0 Å². The van der Waals surface area contributed by atoms with Crippen LogP contribution in [0.5, 0.6) is 23.0 Å². The zero-order valence-corrected chi connectivity index (χ0v) is 22.4. The van der Waals surface area contributed by atoms with Gasteiger partial charge in [0.2, 0.25) is 0 Å². The van der Waals surface area contributed by atoms with E-state index in [1.807, 2.05) is 91.0 Å². The molecule has 41 heavy (non-hydrogen) atoms. The van der Waals surface area contributed by atoms with E-state index in [1.165, 1.54) is 0 Å². The molecule has 0 saturated heterocycles. The number of ether oxygens (including phenoxy) is 3. The smallest absolute Gasteiger partial charge is 0.185 e. The van der Waals surface area contributed by atoms with Crippen LogP contribution in [0.3, 0.4) is 0 Å². The van der Waals surface area contributed by atoms with Gasteiger partial charge in [-0.3, -0.25) is 4.79 Å². The molecular weight excluding hydrogens is 512 g/mol. The normalized spacial score (nSPS) is 10.8. The van der Waals surface area contributed by atoms with E-state index in [0.717, 1.165) is 28.2 Å². The predicted molar refractivity (Wildman–Crippen MR) is 164 cm³/mol. The molecule has 0 unspecified atom stereocenters. The Morgan fingerprint density at radius 3 is 1.78 bits per heavy atom. The second-order valence-corrected chi connectivity index (χ2v) is 9.28. The lowest BCUT2D eigenvalue weighted by molar-refractivity contribution is 0.104. The molecule has 0 bridgehead atoms. The van der Waals surface area contributed by atoms with Crippen LogP contribution in [0.2, 0.25) is 0 Å². The number of nitrogens with two attached hydrogens (primary N) is 2. The molecule has 0 atom stereocenters. The van der Waals surface area contributed by atoms with Crippen LogP contribution < -0.4 is 25.7 Å². The molecule has 0 fully saturated rings. The molecule has 0 heterocycles. The summed E-state index contributed by atoms with van der Waals surface area (Å²) in [4.78, 5) is 12.2. The molecular formula is C35H30N2O4. The third-order valence-corrected chi connectivity index (χ3v) is 6.29. The van der Waals surface area contributed by atoms with Crippen LogP contribution in [-0.2, 0) is 0 Å². The average Bonchev–Trinajstić information content (AvgIpc) is 3.01. The molecule has 0 aliphatic rings. The number of hydrogen-bond acceptors (Lipinski definition) is 6. The molecule has 0 radical (unpaired) electrons. The molecule has 0 spiro atoms. The molecule has 0 aromatic heterocycles. The van der Waals surface area contributed by atoms with Crippen molar-refractivity contribution in [2.45, 2.75) is 0 Å². The number of rotatable bonds is 11. The quantitative estimate of drug-likeness (QED) is 0.0770. The second-order valence-electron chi connectivity index (χ2n) is 9.28. The van der Waals surface area contributed by atoms with Crippen molar-refractivity contribution < 1.29 is 19.0 Å². The highest BCUT2D eigenvalue weighted by Crippen LogP contribution is 2.31. The van der Waals surface area contributed by atoms with Crippen LogP contribution >= 0.6 is 0 Å². The fraction of sp³-hybridized carbons (Fsp3) is 0.0571. The molecule has 5 aromatic rings. The van der Waals surface area contributed by atoms with Crippen molar-refractivity contribution in [1.29, 1.82) is 0 Å². The summed E-state index contributed by atoms with van der Waals surface area (Å²) in [5.74, 6) is 2.73. The second kappa shape index (κ2) is 13.0. The van der Waals surface area contributed by atoms with Gasteiger partial charge in [-0.15, -0.1) is 0 Å². The Balaban J connectivity index is 1.06. The summed E-state index contributed by atoms with van der Waals surface area (Å²) in [5.41, 5.74) is 16.5. The van der Waals surface area contributed by atoms with E-state index in [2.05, 4.69) is 0 Å². The lowest BCUT2D eigenvalue weighted by atomic mass is 10.1. The number of carbonyl (C=O) groups excluding carboxylic acids is 1. The van der Waals surface area contributed by atoms with E-state index in [0.29, 0.717) is 41.7 Å². The number of nitrogen functional groups attached to an aromatic ring is 2. The molecule has 5 rings (SSSR count). The number of ketones is 1. The van der Waals surface area contributed by atoms with Crippen molar-refractivity contribution in [2.24, 2.45) is 0 Å². The zero-order valence-electron chi connectivity index (χ0n) is 22.4. The minimum Gasteiger partial charge on any atom is -0.490 e. The SMILES string of the molecule is Nc1ccc(Oc2ccc(-c3ccc(OCCOc4ccc(/C=C/C(=O)c5ccccc5)cc4)cc3)cc2)c(N)c1. The number of allylic oxidation sites excluding steroid dienone is 1. The van der Waals surface area contributed by atoms with E-state index in [-0.39, 0.29) is 5.78 Å². The molecule has 4 N–H and O–H groups in total. The molecule has 6 heteroatoms. The summed E-state index contributed by atoms with van der Waals surface area (Å²) in [6.07, 6.45) is 3.37. The first kappa shape index (κ1) is 27.1. The van der Waals surface area contributed by atoms with Crippen molar-refractivity contribution in [1.82, 2.24) is 0 Å². The van der Waals surface area contributed by atoms with Gasteiger partial charge in [0, 0.05) is 11.3 Å². The van der Waals surface area contributed by atoms with Crippen LogP contribution in [0.25, 0.3) is 17.2 Å². The summed E-state index contributed by atoms with van der Waals surface area (Å²) < 4.78 is 17.5. The number of benzene rings is 5. The first-order valence-corrected chi connectivity index (χ1v) is 13.2. The van der Waals surface area contributed by atoms with E-state index >= 15 is 0 Å². The number of anilines is 2. The van der Waals surface area contributed by atoms with Gasteiger partial charge in [-0.05, 0) is 77.4 Å². The molecule has 0 aliphatic carbocycles. The first-order valence-electron chi connectivity index (χ1n) is 13.2. The van der Waals surface area contributed by atoms with Crippen LogP contribution in [-0.4, -0.2) is 19.0 Å². The average molecular weight is 543 g/mol. The summed E-state index contributed by atoms with van der Waals surface area (Å²) in [7, 11) is 0. The van der Waals surface area contributed by atoms with Crippen molar-refractivity contribution in [3.8, 4) is 34.1 Å². The maximum atomic E-state index is 12.2. The maximum Gasteiger partial charge on any atom is 0.185 e. The van der Waals surface area contributed by atoms with E-state index < -0.39 is 0 Å². The van der Waals surface area contributed by atoms with Crippen molar-refractivity contribution in [2.75, 3.05) is 24.7 Å². The van der Waals surface area contributed by atoms with E-state index in [1.54, 1.807) is 42.5 Å². The number of hydrogen-bond donors (Lipinski definition) is 2. The van der Waals surface area contributed by atoms with Crippen molar-refractivity contribution in [3.05, 3.63) is 139 Å². The Hall–Kier alpha value is -5.49. The van der Waals surface area contributed by atoms with Crippen molar-refractivity contribution >= 4 is 23.2 Å². The zero-order chi connectivity index (χ0) is 28.4. The van der Waals surface area contributed by atoms with Gasteiger partial charge in [0.25, 0.3) is 0 Å². The molecule has 5 aromatic carbocycles. The summed E-state index contributed by atoms with van der Waals surface area (Å²) in [6, 6.07) is 37.7. The van der Waals surface area contributed by atoms with Crippen molar-refractivity contribution in [3.63, 3.8) is 0 Å². The van der Waals surface area contributed by atoms with E-state index in [9.17, 15) is 4.79 Å². The van der Waals surface area contributed by atoms with Gasteiger partial charge in [0.05, 0.1) is 5.69 Å². The van der Waals surface area contributed by atoms with E-state index in [4.69, 9.17) is 25.7 Å². The largest absolute Gasteiger partial charge is 0.490 e. The summed E-state index contributed by atoms with van der Waals surface area (Å²) >= 11 is 0. The van der Waals surface area contributed by atoms with Gasteiger partial charge in [0.1, 0.15) is 36.2 Å². The topological polar surface area (TPSA) is 96.8 Å². The first-order chi connectivity index (χ1) is 20.0. The summed E-state index contributed by atoms with van der Waals surface area (Å²) in [5, 5.41) is 0. The van der Waals surface area contributed by atoms with Gasteiger partial charge >= 0.3 is 0 Å².